The molecule has 5 heteroatoms. The van der Waals surface area contributed by atoms with E-state index in [4.69, 9.17) is 4.74 Å². The van der Waals surface area contributed by atoms with Crippen LogP contribution >= 0.6 is 0 Å². The first kappa shape index (κ1) is 19.1. The summed E-state index contributed by atoms with van der Waals surface area (Å²) in [6, 6.07) is 11.7. The van der Waals surface area contributed by atoms with Crippen LogP contribution in [0.4, 0.5) is 0 Å². The Morgan fingerprint density at radius 2 is 1.96 bits per heavy atom. The van der Waals surface area contributed by atoms with Crippen LogP contribution in [0.25, 0.3) is 17.0 Å². The van der Waals surface area contributed by atoms with Crippen LogP contribution in [0.2, 0.25) is 0 Å². The smallest absolute Gasteiger partial charge is 0.331 e. The van der Waals surface area contributed by atoms with Crippen molar-refractivity contribution in [2.75, 3.05) is 0 Å². The SMILES string of the molecule is C[C@H](OC(=O)/C=C/c1ccc2ccccc2n1)C(=O)N[C@H]1CCCC[C@@H]1C. The summed E-state index contributed by atoms with van der Waals surface area (Å²) < 4.78 is 5.23. The fraction of sp³-hybridized carbons (Fsp3) is 0.409. The molecule has 0 aliphatic heterocycles. The van der Waals surface area contributed by atoms with Gasteiger partial charge in [0.25, 0.3) is 5.91 Å². The molecule has 3 atom stereocenters. The summed E-state index contributed by atoms with van der Waals surface area (Å²) >= 11 is 0. The minimum Gasteiger partial charge on any atom is -0.449 e. The molecule has 1 N–H and O–H groups in total. The van der Waals surface area contributed by atoms with Crippen molar-refractivity contribution in [2.24, 2.45) is 5.92 Å². The molecule has 0 radical (unpaired) electrons. The summed E-state index contributed by atoms with van der Waals surface area (Å²) in [5.74, 6) is -0.326. The van der Waals surface area contributed by atoms with Gasteiger partial charge in [0.2, 0.25) is 0 Å². The van der Waals surface area contributed by atoms with Crippen molar-refractivity contribution < 1.29 is 14.3 Å². The van der Waals surface area contributed by atoms with E-state index in [1.807, 2.05) is 36.4 Å². The average molecular weight is 366 g/mol. The zero-order valence-electron chi connectivity index (χ0n) is 15.9. The van der Waals surface area contributed by atoms with E-state index in [0.717, 1.165) is 30.2 Å². The second kappa shape index (κ2) is 8.80. The van der Waals surface area contributed by atoms with Crippen LogP contribution in [0.3, 0.4) is 0 Å². The number of carbonyl (C=O) groups is 2. The number of ether oxygens (including phenoxy) is 1. The van der Waals surface area contributed by atoms with Gasteiger partial charge in [-0.15, -0.1) is 0 Å². The lowest BCUT2D eigenvalue weighted by atomic mass is 9.86. The Labute approximate surface area is 159 Å². The standard InChI is InChI=1S/C22H26N2O3/c1-15-7-3-5-9-19(15)24-22(26)16(2)27-21(25)14-13-18-12-11-17-8-4-6-10-20(17)23-18/h4,6,8,10-16,19H,3,5,7,9H2,1-2H3,(H,24,26)/b14-13+/t15-,16-,19-/m0/s1. The Morgan fingerprint density at radius 3 is 2.78 bits per heavy atom. The Morgan fingerprint density at radius 1 is 1.19 bits per heavy atom. The monoisotopic (exact) mass is 366 g/mol. The number of fused-ring (bicyclic) bond motifs is 1. The van der Waals surface area contributed by atoms with E-state index in [1.54, 1.807) is 13.0 Å². The van der Waals surface area contributed by atoms with Crippen molar-refractivity contribution in [3.05, 3.63) is 48.2 Å². The lowest BCUT2D eigenvalue weighted by Crippen LogP contribution is -2.45. The van der Waals surface area contributed by atoms with Gasteiger partial charge in [0.05, 0.1) is 11.2 Å². The van der Waals surface area contributed by atoms with Crippen LogP contribution in [0.5, 0.6) is 0 Å². The molecule has 1 fully saturated rings. The van der Waals surface area contributed by atoms with Crippen molar-refractivity contribution in [1.29, 1.82) is 0 Å². The molecule has 1 aromatic heterocycles. The first-order valence-electron chi connectivity index (χ1n) is 9.58. The lowest BCUT2D eigenvalue weighted by molar-refractivity contribution is -0.150. The molecule has 1 aromatic carbocycles. The summed E-state index contributed by atoms with van der Waals surface area (Å²) in [6.07, 6.45) is 6.55. The predicted molar refractivity (Wildman–Crippen MR) is 106 cm³/mol. The minimum atomic E-state index is -0.819. The van der Waals surface area contributed by atoms with Crippen LogP contribution in [0.1, 0.15) is 45.2 Å². The van der Waals surface area contributed by atoms with Gasteiger partial charge in [-0.05, 0) is 43.9 Å². The van der Waals surface area contributed by atoms with Crippen LogP contribution in [0.15, 0.2) is 42.5 Å². The first-order chi connectivity index (χ1) is 13.0. The Kier molecular flexibility index (Phi) is 6.22. The fourth-order valence-electron chi connectivity index (χ4n) is 3.43. The number of benzene rings is 1. The van der Waals surface area contributed by atoms with Gasteiger partial charge in [-0.2, -0.15) is 0 Å². The number of carbonyl (C=O) groups excluding carboxylic acids is 2. The second-order valence-electron chi connectivity index (χ2n) is 7.22. The van der Waals surface area contributed by atoms with Crippen molar-refractivity contribution in [3.8, 4) is 0 Å². The topological polar surface area (TPSA) is 68.3 Å². The van der Waals surface area contributed by atoms with Crippen molar-refractivity contribution in [3.63, 3.8) is 0 Å². The third-order valence-electron chi connectivity index (χ3n) is 5.11. The molecule has 27 heavy (non-hydrogen) atoms. The molecule has 1 aliphatic carbocycles. The van der Waals surface area contributed by atoms with Gasteiger partial charge in [-0.3, -0.25) is 4.79 Å². The molecule has 2 aromatic rings. The normalized spacial score (nSPS) is 21.1. The summed E-state index contributed by atoms with van der Waals surface area (Å²) in [6.45, 7) is 3.75. The second-order valence-corrected chi connectivity index (χ2v) is 7.22. The number of esters is 1. The van der Waals surface area contributed by atoms with Crippen molar-refractivity contribution in [2.45, 2.75) is 51.7 Å². The van der Waals surface area contributed by atoms with E-state index in [-0.39, 0.29) is 11.9 Å². The van der Waals surface area contributed by atoms with E-state index >= 15 is 0 Å². The first-order valence-corrected chi connectivity index (χ1v) is 9.58. The number of hydrogen-bond acceptors (Lipinski definition) is 4. The highest BCUT2D eigenvalue weighted by Crippen LogP contribution is 2.23. The van der Waals surface area contributed by atoms with E-state index in [9.17, 15) is 9.59 Å². The molecule has 1 saturated carbocycles. The number of nitrogens with zero attached hydrogens (tertiary/aromatic N) is 1. The highest BCUT2D eigenvalue weighted by molar-refractivity contribution is 5.90. The molecule has 142 valence electrons. The number of aromatic nitrogens is 1. The Bertz CT molecular complexity index is 846. The molecule has 0 spiro atoms. The number of amides is 1. The van der Waals surface area contributed by atoms with Gasteiger partial charge in [0.15, 0.2) is 6.10 Å². The van der Waals surface area contributed by atoms with Gasteiger partial charge in [0, 0.05) is 17.5 Å². The quantitative estimate of drug-likeness (QED) is 0.644. The van der Waals surface area contributed by atoms with Crippen molar-refractivity contribution in [1.82, 2.24) is 10.3 Å². The number of nitrogens with one attached hydrogen (secondary N) is 1. The lowest BCUT2D eigenvalue weighted by Gasteiger charge is -2.30. The van der Waals surface area contributed by atoms with E-state index < -0.39 is 12.1 Å². The van der Waals surface area contributed by atoms with Gasteiger partial charge in [-0.1, -0.05) is 44.0 Å². The third-order valence-corrected chi connectivity index (χ3v) is 5.11. The molecule has 1 amide bonds. The maximum absolute atomic E-state index is 12.3. The molecule has 1 heterocycles. The van der Waals surface area contributed by atoms with E-state index in [0.29, 0.717) is 11.6 Å². The summed E-state index contributed by atoms with van der Waals surface area (Å²) in [4.78, 5) is 28.8. The summed E-state index contributed by atoms with van der Waals surface area (Å²) in [5, 5.41) is 4.06. The molecule has 0 bridgehead atoms. The van der Waals surface area contributed by atoms with Gasteiger partial charge in [-0.25, -0.2) is 9.78 Å². The zero-order valence-corrected chi connectivity index (χ0v) is 15.9. The molecule has 0 unspecified atom stereocenters. The predicted octanol–water partition coefficient (Wildman–Crippen LogP) is 3.87. The van der Waals surface area contributed by atoms with Crippen LogP contribution in [-0.2, 0) is 14.3 Å². The number of rotatable bonds is 5. The molecular formula is C22H26N2O3. The summed E-state index contributed by atoms with van der Waals surface area (Å²) in [5.41, 5.74) is 1.53. The summed E-state index contributed by atoms with van der Waals surface area (Å²) in [7, 11) is 0. The van der Waals surface area contributed by atoms with Crippen LogP contribution in [-0.4, -0.2) is 29.0 Å². The average Bonchev–Trinajstić information content (AvgIpc) is 2.68. The Hall–Kier alpha value is -2.69. The highest BCUT2D eigenvalue weighted by atomic mass is 16.5. The number of pyridine rings is 1. The minimum absolute atomic E-state index is 0.171. The largest absolute Gasteiger partial charge is 0.449 e. The maximum atomic E-state index is 12.3. The van der Waals surface area contributed by atoms with Gasteiger partial charge < -0.3 is 10.1 Å². The molecule has 5 nitrogen and oxygen atoms in total. The molecule has 3 rings (SSSR count). The highest BCUT2D eigenvalue weighted by Gasteiger charge is 2.25. The van der Waals surface area contributed by atoms with Crippen molar-refractivity contribution >= 4 is 28.9 Å². The molecule has 0 saturated heterocycles. The van der Waals surface area contributed by atoms with Crippen LogP contribution in [0, 0.1) is 5.92 Å². The fourth-order valence-corrected chi connectivity index (χ4v) is 3.43. The molecular weight excluding hydrogens is 340 g/mol. The maximum Gasteiger partial charge on any atom is 0.331 e. The van der Waals surface area contributed by atoms with Crippen LogP contribution < -0.4 is 5.32 Å². The Balaban J connectivity index is 1.54. The van der Waals surface area contributed by atoms with Gasteiger partial charge >= 0.3 is 5.97 Å². The van der Waals surface area contributed by atoms with Gasteiger partial charge in [0.1, 0.15) is 0 Å². The van der Waals surface area contributed by atoms with E-state index in [1.165, 1.54) is 12.5 Å². The number of para-hydroxylation sites is 1. The number of hydrogen-bond donors (Lipinski definition) is 1. The van der Waals surface area contributed by atoms with E-state index in [2.05, 4.69) is 17.2 Å². The zero-order chi connectivity index (χ0) is 19.2. The molecule has 1 aliphatic rings. The third kappa shape index (κ3) is 5.16.